The fourth-order valence-corrected chi connectivity index (χ4v) is 2.99. The van der Waals surface area contributed by atoms with Crippen molar-refractivity contribution < 1.29 is 4.74 Å². The lowest BCUT2D eigenvalue weighted by Gasteiger charge is -2.20. The van der Waals surface area contributed by atoms with Crippen LogP contribution in [0.5, 0.6) is 5.75 Å². The minimum atomic E-state index is -0.0856. The highest BCUT2D eigenvalue weighted by atomic mass is 16.5. The summed E-state index contributed by atoms with van der Waals surface area (Å²) in [7, 11) is 0. The van der Waals surface area contributed by atoms with Gasteiger partial charge in [0.05, 0.1) is 29.2 Å². The number of fused-ring (bicyclic) bond motifs is 1. The molecule has 1 unspecified atom stereocenters. The molecule has 0 fully saturated rings. The lowest BCUT2D eigenvalue weighted by atomic mass is 10.2. The number of nitrogens with one attached hydrogen (secondary N) is 1. The molecule has 1 aromatic heterocycles. The van der Waals surface area contributed by atoms with E-state index in [9.17, 15) is 4.79 Å². The fourth-order valence-electron chi connectivity index (χ4n) is 2.99. The van der Waals surface area contributed by atoms with E-state index in [1.807, 2.05) is 69.3 Å². The largest absolute Gasteiger partial charge is 0.492 e. The Hall–Kier alpha value is -2.66. The maximum atomic E-state index is 13.3. The minimum Gasteiger partial charge on any atom is -0.492 e. The van der Waals surface area contributed by atoms with Gasteiger partial charge in [-0.25, -0.2) is 4.98 Å². The van der Waals surface area contributed by atoms with Gasteiger partial charge in [0.15, 0.2) is 0 Å². The summed E-state index contributed by atoms with van der Waals surface area (Å²) in [4.78, 5) is 18.0. The molecular weight excluding hydrogens is 314 g/mol. The van der Waals surface area contributed by atoms with Crippen LogP contribution in [0.3, 0.4) is 0 Å². The van der Waals surface area contributed by atoms with Crippen molar-refractivity contribution in [2.24, 2.45) is 0 Å². The molecule has 0 bridgehead atoms. The lowest BCUT2D eigenvalue weighted by molar-refractivity contribution is 0.338. The van der Waals surface area contributed by atoms with Crippen LogP contribution in [0.4, 0.5) is 0 Å². The van der Waals surface area contributed by atoms with Crippen molar-refractivity contribution in [1.29, 1.82) is 0 Å². The maximum Gasteiger partial charge on any atom is 0.266 e. The summed E-state index contributed by atoms with van der Waals surface area (Å²) < 4.78 is 7.41. The van der Waals surface area contributed by atoms with Crippen LogP contribution in [0.25, 0.3) is 16.6 Å². The quantitative estimate of drug-likeness (QED) is 0.748. The Balaban J connectivity index is 2.34. The van der Waals surface area contributed by atoms with E-state index >= 15 is 0 Å². The molecule has 2 aromatic carbocycles. The fraction of sp³-hybridized carbons (Fsp3) is 0.300. The second-order valence-electron chi connectivity index (χ2n) is 5.81. The number of rotatable bonds is 6. The topological polar surface area (TPSA) is 56.2 Å². The molecule has 1 atom stereocenters. The Morgan fingerprint density at radius 2 is 1.84 bits per heavy atom. The number of hydrogen-bond acceptors (Lipinski definition) is 4. The van der Waals surface area contributed by atoms with Crippen LogP contribution in [0, 0.1) is 0 Å². The first-order chi connectivity index (χ1) is 12.2. The summed E-state index contributed by atoms with van der Waals surface area (Å²) in [6.07, 6.45) is 0. The Bertz CT molecular complexity index is 934. The highest BCUT2D eigenvalue weighted by molar-refractivity contribution is 5.78. The summed E-state index contributed by atoms with van der Waals surface area (Å²) in [6, 6.07) is 14.9. The van der Waals surface area contributed by atoms with Gasteiger partial charge in [-0.05, 0) is 44.7 Å². The molecule has 3 rings (SSSR count). The number of aromatic nitrogens is 2. The average molecular weight is 337 g/mol. The van der Waals surface area contributed by atoms with E-state index in [1.165, 1.54) is 0 Å². The average Bonchev–Trinajstić information content (AvgIpc) is 2.63. The summed E-state index contributed by atoms with van der Waals surface area (Å²) in [5.41, 5.74) is 1.34. The van der Waals surface area contributed by atoms with Crippen molar-refractivity contribution >= 4 is 10.9 Å². The zero-order valence-corrected chi connectivity index (χ0v) is 14.8. The third kappa shape index (κ3) is 3.28. The third-order valence-corrected chi connectivity index (χ3v) is 4.11. The first-order valence-corrected chi connectivity index (χ1v) is 8.64. The summed E-state index contributed by atoms with van der Waals surface area (Å²) in [6.45, 7) is 7.30. The molecule has 0 aliphatic carbocycles. The van der Waals surface area contributed by atoms with Crippen LogP contribution in [0.1, 0.15) is 32.6 Å². The van der Waals surface area contributed by atoms with E-state index in [1.54, 1.807) is 4.57 Å². The van der Waals surface area contributed by atoms with Crippen molar-refractivity contribution in [3.63, 3.8) is 0 Å². The number of hydrogen-bond donors (Lipinski definition) is 1. The van der Waals surface area contributed by atoms with Gasteiger partial charge in [-0.15, -0.1) is 0 Å². The number of benzene rings is 2. The summed E-state index contributed by atoms with van der Waals surface area (Å²) in [5, 5.41) is 3.95. The molecule has 5 nitrogen and oxygen atoms in total. The smallest absolute Gasteiger partial charge is 0.266 e. The molecule has 1 N–H and O–H groups in total. The van der Waals surface area contributed by atoms with Crippen molar-refractivity contribution in [3.8, 4) is 11.4 Å². The second-order valence-corrected chi connectivity index (χ2v) is 5.81. The van der Waals surface area contributed by atoms with Gasteiger partial charge in [-0.1, -0.05) is 31.2 Å². The van der Waals surface area contributed by atoms with Gasteiger partial charge in [-0.2, -0.15) is 0 Å². The molecule has 0 aliphatic heterocycles. The Morgan fingerprint density at radius 3 is 2.60 bits per heavy atom. The van der Waals surface area contributed by atoms with Gasteiger partial charge in [0.25, 0.3) is 5.56 Å². The molecule has 0 saturated heterocycles. The van der Waals surface area contributed by atoms with Crippen LogP contribution in [-0.4, -0.2) is 22.7 Å². The molecular formula is C20H23N3O2. The van der Waals surface area contributed by atoms with Crippen LogP contribution in [0.15, 0.2) is 53.3 Å². The zero-order chi connectivity index (χ0) is 17.8. The number of para-hydroxylation sites is 3. The Kier molecular flexibility index (Phi) is 5.14. The molecule has 0 saturated carbocycles. The summed E-state index contributed by atoms with van der Waals surface area (Å²) >= 11 is 0. The van der Waals surface area contributed by atoms with Gasteiger partial charge in [0.1, 0.15) is 11.6 Å². The predicted octanol–water partition coefficient (Wildman–Crippen LogP) is 3.45. The van der Waals surface area contributed by atoms with Crippen LogP contribution >= 0.6 is 0 Å². The summed E-state index contributed by atoms with van der Waals surface area (Å²) in [5.74, 6) is 1.35. The Morgan fingerprint density at radius 1 is 1.12 bits per heavy atom. The second kappa shape index (κ2) is 7.49. The van der Waals surface area contributed by atoms with Crippen LogP contribution in [-0.2, 0) is 0 Å². The molecule has 1 heterocycles. The van der Waals surface area contributed by atoms with Gasteiger partial charge >= 0.3 is 0 Å². The third-order valence-electron chi connectivity index (χ3n) is 4.11. The molecule has 0 spiro atoms. The van der Waals surface area contributed by atoms with Crippen molar-refractivity contribution in [2.75, 3.05) is 13.2 Å². The van der Waals surface area contributed by atoms with E-state index in [2.05, 4.69) is 5.32 Å². The van der Waals surface area contributed by atoms with E-state index in [4.69, 9.17) is 9.72 Å². The first-order valence-electron chi connectivity index (χ1n) is 8.64. The number of nitrogens with zero attached hydrogens (tertiary/aromatic N) is 2. The van der Waals surface area contributed by atoms with Gasteiger partial charge in [0, 0.05) is 0 Å². The van der Waals surface area contributed by atoms with Crippen molar-refractivity contribution in [2.45, 2.75) is 26.8 Å². The van der Waals surface area contributed by atoms with E-state index in [-0.39, 0.29) is 11.6 Å². The lowest BCUT2D eigenvalue weighted by Crippen LogP contribution is -2.30. The minimum absolute atomic E-state index is 0.0722. The first kappa shape index (κ1) is 17.2. The number of ether oxygens (including phenoxy) is 1. The molecule has 0 amide bonds. The molecule has 130 valence electrons. The molecule has 5 heteroatoms. The standard InChI is InChI=1S/C20H23N3O2/c1-4-21-14(3)19-22-16-11-7-6-10-15(16)20(24)23(19)17-12-8-9-13-18(17)25-5-2/h6-14,21H,4-5H2,1-3H3. The Labute approximate surface area is 147 Å². The normalized spacial score (nSPS) is 12.3. The van der Waals surface area contributed by atoms with E-state index in [0.717, 1.165) is 6.54 Å². The maximum absolute atomic E-state index is 13.3. The van der Waals surface area contributed by atoms with Gasteiger partial charge < -0.3 is 10.1 Å². The van der Waals surface area contributed by atoms with Crippen molar-refractivity contribution in [1.82, 2.24) is 14.9 Å². The zero-order valence-electron chi connectivity index (χ0n) is 14.8. The molecule has 0 aliphatic rings. The van der Waals surface area contributed by atoms with E-state index in [0.29, 0.717) is 34.8 Å². The molecule has 25 heavy (non-hydrogen) atoms. The SMILES string of the molecule is CCNC(C)c1nc2ccccc2c(=O)n1-c1ccccc1OCC. The van der Waals surface area contributed by atoms with E-state index < -0.39 is 0 Å². The highest BCUT2D eigenvalue weighted by Gasteiger charge is 2.19. The van der Waals surface area contributed by atoms with Crippen molar-refractivity contribution in [3.05, 3.63) is 64.7 Å². The molecule has 0 radical (unpaired) electrons. The van der Waals surface area contributed by atoms with Crippen LogP contribution < -0.4 is 15.6 Å². The van der Waals surface area contributed by atoms with Gasteiger partial charge in [-0.3, -0.25) is 9.36 Å². The monoisotopic (exact) mass is 337 g/mol. The highest BCUT2D eigenvalue weighted by Crippen LogP contribution is 2.25. The predicted molar refractivity (Wildman–Crippen MR) is 101 cm³/mol. The molecule has 3 aromatic rings. The van der Waals surface area contributed by atoms with Gasteiger partial charge in [0.2, 0.25) is 0 Å². The van der Waals surface area contributed by atoms with Crippen LogP contribution in [0.2, 0.25) is 0 Å².